The van der Waals surface area contributed by atoms with Gasteiger partial charge < -0.3 is 5.32 Å². The summed E-state index contributed by atoms with van der Waals surface area (Å²) in [4.78, 5) is 12.0. The number of hydrogen-bond donors (Lipinski definition) is 1. The molecule has 0 aliphatic carbocycles. The molecule has 5 nitrogen and oxygen atoms in total. The van der Waals surface area contributed by atoms with Crippen molar-refractivity contribution in [1.29, 1.82) is 0 Å². The number of rotatable bonds is 4. The van der Waals surface area contributed by atoms with Crippen molar-refractivity contribution < 1.29 is 0 Å². The van der Waals surface area contributed by atoms with E-state index >= 15 is 0 Å². The van der Waals surface area contributed by atoms with Crippen molar-refractivity contribution in [2.75, 3.05) is 13.6 Å². The Balaban J connectivity index is 2.16. The Morgan fingerprint density at radius 1 is 1.50 bits per heavy atom. The zero-order valence-electron chi connectivity index (χ0n) is 10.1. The molecule has 1 atom stereocenters. The largest absolute Gasteiger partial charge is 0.345 e. The Bertz CT molecular complexity index is 407. The average molecular weight is 224 g/mol. The number of aryl methyl sites for hydroxylation is 1. The zero-order valence-corrected chi connectivity index (χ0v) is 10.1. The topological polar surface area (TPSA) is 51.9 Å². The molecule has 0 saturated heterocycles. The third kappa shape index (κ3) is 2.19. The highest BCUT2D eigenvalue weighted by atomic mass is 16.2. The number of hydrogen-bond acceptors (Lipinski definition) is 3. The van der Waals surface area contributed by atoms with E-state index in [0.29, 0.717) is 12.5 Å². The molecule has 0 amide bonds. The number of nitrogens with zero attached hydrogens (tertiary/aromatic N) is 3. The van der Waals surface area contributed by atoms with Gasteiger partial charge in [-0.1, -0.05) is 6.92 Å². The molecule has 1 aliphatic heterocycles. The summed E-state index contributed by atoms with van der Waals surface area (Å²) in [6.07, 6.45) is 3.20. The molecule has 0 aromatic carbocycles. The van der Waals surface area contributed by atoms with Gasteiger partial charge in [0.15, 0.2) is 0 Å². The van der Waals surface area contributed by atoms with Crippen LogP contribution in [0.2, 0.25) is 0 Å². The third-order valence-corrected chi connectivity index (χ3v) is 3.07. The van der Waals surface area contributed by atoms with Gasteiger partial charge >= 0.3 is 5.69 Å². The Morgan fingerprint density at radius 2 is 2.31 bits per heavy atom. The number of fused-ring (bicyclic) bond motifs is 1. The van der Waals surface area contributed by atoms with Crippen LogP contribution in [-0.4, -0.2) is 27.9 Å². The van der Waals surface area contributed by atoms with Gasteiger partial charge in [0, 0.05) is 13.0 Å². The van der Waals surface area contributed by atoms with Crippen LogP contribution in [0.3, 0.4) is 0 Å². The summed E-state index contributed by atoms with van der Waals surface area (Å²) in [5, 5.41) is 7.53. The molecule has 1 N–H and O–H groups in total. The van der Waals surface area contributed by atoms with Crippen molar-refractivity contribution in [2.24, 2.45) is 5.92 Å². The third-order valence-electron chi connectivity index (χ3n) is 3.07. The zero-order chi connectivity index (χ0) is 11.5. The van der Waals surface area contributed by atoms with E-state index in [1.807, 2.05) is 11.6 Å². The first-order chi connectivity index (χ1) is 7.72. The molecule has 16 heavy (non-hydrogen) atoms. The van der Waals surface area contributed by atoms with Gasteiger partial charge in [-0.2, -0.15) is 5.10 Å². The Kier molecular flexibility index (Phi) is 3.43. The molecule has 90 valence electrons. The summed E-state index contributed by atoms with van der Waals surface area (Å²) in [5.74, 6) is 1.40. The van der Waals surface area contributed by atoms with Gasteiger partial charge in [-0.15, -0.1) is 0 Å². The van der Waals surface area contributed by atoms with Crippen molar-refractivity contribution in [1.82, 2.24) is 19.7 Å². The molecule has 5 heteroatoms. The fraction of sp³-hybridized carbons (Fsp3) is 0.818. The van der Waals surface area contributed by atoms with Gasteiger partial charge in [0.05, 0.1) is 6.54 Å². The van der Waals surface area contributed by atoms with E-state index in [1.54, 1.807) is 4.68 Å². The molecule has 0 fully saturated rings. The fourth-order valence-electron chi connectivity index (χ4n) is 2.28. The van der Waals surface area contributed by atoms with Crippen LogP contribution in [-0.2, 0) is 19.5 Å². The first-order valence-electron chi connectivity index (χ1n) is 6.03. The summed E-state index contributed by atoms with van der Waals surface area (Å²) < 4.78 is 3.46. The van der Waals surface area contributed by atoms with Gasteiger partial charge in [0.2, 0.25) is 0 Å². The maximum absolute atomic E-state index is 12.0. The van der Waals surface area contributed by atoms with E-state index < -0.39 is 0 Å². The molecule has 2 rings (SSSR count). The second-order valence-electron chi connectivity index (χ2n) is 4.65. The van der Waals surface area contributed by atoms with Crippen LogP contribution in [0.4, 0.5) is 0 Å². The maximum Gasteiger partial charge on any atom is 0.345 e. The highest BCUT2D eigenvalue weighted by molar-refractivity contribution is 4.91. The first kappa shape index (κ1) is 11.4. The molecule has 0 bridgehead atoms. The monoisotopic (exact) mass is 224 g/mol. The van der Waals surface area contributed by atoms with E-state index in [2.05, 4.69) is 17.3 Å². The standard InChI is InChI=1S/C11H20N4O/c1-9(7-12-2)8-15-11(16)14-6-4-3-5-10(14)13-15/h9,12H,3-8H2,1-2H3. The average Bonchev–Trinajstić information content (AvgIpc) is 2.57. The normalized spacial score (nSPS) is 17.1. The minimum absolute atomic E-state index is 0.0673. The van der Waals surface area contributed by atoms with E-state index in [0.717, 1.165) is 38.2 Å². The molecule has 1 aliphatic rings. The maximum atomic E-state index is 12.0. The molecule has 1 aromatic heterocycles. The minimum atomic E-state index is 0.0673. The van der Waals surface area contributed by atoms with Crippen LogP contribution in [0.15, 0.2) is 4.79 Å². The van der Waals surface area contributed by atoms with Crippen molar-refractivity contribution in [3.05, 3.63) is 16.3 Å². The van der Waals surface area contributed by atoms with Crippen molar-refractivity contribution in [3.63, 3.8) is 0 Å². The summed E-state index contributed by atoms with van der Waals surface area (Å²) in [6, 6.07) is 0. The van der Waals surface area contributed by atoms with E-state index in [9.17, 15) is 4.79 Å². The lowest BCUT2D eigenvalue weighted by Crippen LogP contribution is -2.30. The van der Waals surface area contributed by atoms with E-state index in [1.165, 1.54) is 0 Å². The quantitative estimate of drug-likeness (QED) is 0.797. The fourth-order valence-corrected chi connectivity index (χ4v) is 2.28. The second-order valence-corrected chi connectivity index (χ2v) is 4.65. The van der Waals surface area contributed by atoms with Crippen molar-refractivity contribution in [2.45, 2.75) is 39.3 Å². The lowest BCUT2D eigenvalue weighted by Gasteiger charge is -2.09. The van der Waals surface area contributed by atoms with Crippen molar-refractivity contribution >= 4 is 0 Å². The van der Waals surface area contributed by atoms with Crippen molar-refractivity contribution in [3.8, 4) is 0 Å². The Labute approximate surface area is 95.5 Å². The summed E-state index contributed by atoms with van der Waals surface area (Å²) in [7, 11) is 1.93. The van der Waals surface area contributed by atoms with Gasteiger partial charge in [-0.25, -0.2) is 9.48 Å². The Morgan fingerprint density at radius 3 is 3.00 bits per heavy atom. The van der Waals surface area contributed by atoms with Gasteiger partial charge in [0.1, 0.15) is 5.82 Å². The molecule has 0 saturated carbocycles. The highest BCUT2D eigenvalue weighted by Gasteiger charge is 2.17. The van der Waals surface area contributed by atoms with Crippen LogP contribution >= 0.6 is 0 Å². The van der Waals surface area contributed by atoms with Gasteiger partial charge in [0.25, 0.3) is 0 Å². The van der Waals surface area contributed by atoms with Gasteiger partial charge in [-0.05, 0) is 32.4 Å². The molecular weight excluding hydrogens is 204 g/mol. The predicted molar refractivity (Wildman–Crippen MR) is 62.5 cm³/mol. The lowest BCUT2D eigenvalue weighted by atomic mass is 10.2. The van der Waals surface area contributed by atoms with Crippen LogP contribution in [0, 0.1) is 5.92 Å². The van der Waals surface area contributed by atoms with Crippen LogP contribution in [0.25, 0.3) is 0 Å². The number of aromatic nitrogens is 3. The molecule has 2 heterocycles. The van der Waals surface area contributed by atoms with Crippen LogP contribution in [0.1, 0.15) is 25.6 Å². The smallest absolute Gasteiger partial charge is 0.319 e. The highest BCUT2D eigenvalue weighted by Crippen LogP contribution is 2.09. The molecular formula is C11H20N4O. The van der Waals surface area contributed by atoms with E-state index in [4.69, 9.17) is 0 Å². The molecule has 1 aromatic rings. The predicted octanol–water partition coefficient (Wildman–Crippen LogP) is 0.237. The molecule has 1 unspecified atom stereocenters. The Hall–Kier alpha value is -1.10. The summed E-state index contributed by atoms with van der Waals surface area (Å²) >= 11 is 0. The minimum Gasteiger partial charge on any atom is -0.319 e. The summed E-state index contributed by atoms with van der Waals surface area (Å²) in [5.41, 5.74) is 0.0673. The first-order valence-corrected chi connectivity index (χ1v) is 6.03. The van der Waals surface area contributed by atoms with E-state index in [-0.39, 0.29) is 5.69 Å². The summed E-state index contributed by atoms with van der Waals surface area (Å²) in [6.45, 7) is 4.59. The molecule has 0 radical (unpaired) electrons. The number of nitrogens with one attached hydrogen (secondary N) is 1. The SMILES string of the molecule is CNCC(C)Cn1nc2n(c1=O)CCCC2. The van der Waals surface area contributed by atoms with Crippen LogP contribution in [0.5, 0.6) is 0 Å². The van der Waals surface area contributed by atoms with Gasteiger partial charge in [-0.3, -0.25) is 4.57 Å². The second kappa shape index (κ2) is 4.82. The van der Waals surface area contributed by atoms with Crippen LogP contribution < -0.4 is 11.0 Å². The molecule has 0 spiro atoms. The lowest BCUT2D eigenvalue weighted by molar-refractivity contribution is 0.423.